The Labute approximate surface area is 143 Å². The van der Waals surface area contributed by atoms with Crippen LogP contribution < -0.4 is 10.1 Å². The molecule has 5 heteroatoms. The minimum absolute atomic E-state index is 0.0393. The molecule has 0 aliphatic heterocycles. The zero-order chi connectivity index (χ0) is 16.8. The number of anilines is 1. The molecule has 0 spiro atoms. The van der Waals surface area contributed by atoms with Gasteiger partial charge in [-0.2, -0.15) is 5.26 Å². The summed E-state index contributed by atoms with van der Waals surface area (Å²) in [7, 11) is 1.58. The van der Waals surface area contributed by atoms with Crippen molar-refractivity contribution in [3.05, 3.63) is 63.6 Å². The molecule has 0 aliphatic rings. The van der Waals surface area contributed by atoms with Crippen LogP contribution in [-0.2, 0) is 4.79 Å². The van der Waals surface area contributed by atoms with E-state index in [2.05, 4.69) is 21.2 Å². The van der Waals surface area contributed by atoms with Gasteiger partial charge in [0.05, 0.1) is 7.11 Å². The number of hydrogen-bond donors (Lipinski definition) is 1. The predicted octanol–water partition coefficient (Wildman–Crippen LogP) is 4.31. The third-order valence-corrected chi connectivity index (χ3v) is 3.72. The minimum atomic E-state index is -0.436. The third-order valence-electron chi connectivity index (χ3n) is 3.23. The maximum Gasteiger partial charge on any atom is 0.266 e. The molecule has 2 aromatic rings. The van der Waals surface area contributed by atoms with Crippen LogP contribution >= 0.6 is 15.9 Å². The number of nitriles is 1. The summed E-state index contributed by atoms with van der Waals surface area (Å²) in [4.78, 5) is 12.3. The van der Waals surface area contributed by atoms with Crippen molar-refractivity contribution < 1.29 is 9.53 Å². The molecule has 1 N–H and O–H groups in total. The van der Waals surface area contributed by atoms with Crippen LogP contribution in [0.5, 0.6) is 5.75 Å². The molecule has 0 bridgehead atoms. The molecule has 2 aromatic carbocycles. The van der Waals surface area contributed by atoms with Crippen molar-refractivity contribution in [2.24, 2.45) is 0 Å². The summed E-state index contributed by atoms with van der Waals surface area (Å²) in [6, 6.07) is 14.6. The average molecular weight is 371 g/mol. The molecular formula is C18H15BrN2O2. The second kappa shape index (κ2) is 7.61. The first-order chi connectivity index (χ1) is 11.0. The van der Waals surface area contributed by atoms with E-state index in [1.165, 1.54) is 0 Å². The van der Waals surface area contributed by atoms with Crippen LogP contribution in [0.25, 0.3) is 6.08 Å². The van der Waals surface area contributed by atoms with Gasteiger partial charge in [0.1, 0.15) is 17.4 Å². The molecule has 2 rings (SSSR count). The molecule has 0 unspecified atom stereocenters. The Morgan fingerprint density at radius 1 is 1.26 bits per heavy atom. The lowest BCUT2D eigenvalue weighted by Gasteiger charge is -2.08. The zero-order valence-electron chi connectivity index (χ0n) is 12.8. The summed E-state index contributed by atoms with van der Waals surface area (Å²) in [6.07, 6.45) is 1.54. The van der Waals surface area contributed by atoms with E-state index in [-0.39, 0.29) is 5.57 Å². The summed E-state index contributed by atoms with van der Waals surface area (Å²) < 4.78 is 6.01. The standard InChI is InChI=1S/C18H15BrN2O2/c1-12-9-15(19)5-8-17(12)21-18(22)14(11-20)10-13-3-6-16(23-2)7-4-13/h3-10H,1-2H3,(H,21,22)/b14-10+. The van der Waals surface area contributed by atoms with Crippen LogP contribution in [0.4, 0.5) is 5.69 Å². The van der Waals surface area contributed by atoms with Crippen LogP contribution in [0.1, 0.15) is 11.1 Å². The second-order valence-corrected chi connectivity index (χ2v) is 5.77. The number of aryl methyl sites for hydroxylation is 1. The van der Waals surface area contributed by atoms with Gasteiger partial charge in [0.2, 0.25) is 0 Å². The SMILES string of the molecule is COc1ccc(/C=C(\C#N)C(=O)Nc2ccc(Br)cc2C)cc1. The molecule has 0 saturated heterocycles. The Morgan fingerprint density at radius 3 is 2.52 bits per heavy atom. The van der Waals surface area contributed by atoms with Gasteiger partial charge in [0.25, 0.3) is 5.91 Å². The van der Waals surface area contributed by atoms with Crippen molar-refractivity contribution in [2.75, 3.05) is 12.4 Å². The van der Waals surface area contributed by atoms with E-state index in [0.717, 1.165) is 21.3 Å². The Kier molecular flexibility index (Phi) is 5.56. The smallest absolute Gasteiger partial charge is 0.266 e. The van der Waals surface area contributed by atoms with Crippen molar-refractivity contribution in [2.45, 2.75) is 6.92 Å². The summed E-state index contributed by atoms with van der Waals surface area (Å²) in [6.45, 7) is 1.89. The first kappa shape index (κ1) is 16.8. The maximum atomic E-state index is 12.3. The van der Waals surface area contributed by atoms with Crippen LogP contribution in [0, 0.1) is 18.3 Å². The number of amides is 1. The topological polar surface area (TPSA) is 62.1 Å². The Morgan fingerprint density at radius 2 is 1.96 bits per heavy atom. The first-order valence-electron chi connectivity index (χ1n) is 6.87. The van der Waals surface area contributed by atoms with Crippen LogP contribution in [0.15, 0.2) is 52.5 Å². The molecule has 0 radical (unpaired) electrons. The molecular weight excluding hydrogens is 356 g/mol. The summed E-state index contributed by atoms with van der Waals surface area (Å²) in [5.74, 6) is 0.282. The number of hydrogen-bond acceptors (Lipinski definition) is 3. The number of carbonyl (C=O) groups is 1. The lowest BCUT2D eigenvalue weighted by molar-refractivity contribution is -0.112. The normalized spacial score (nSPS) is 10.8. The van der Waals surface area contributed by atoms with E-state index < -0.39 is 5.91 Å². The fraction of sp³-hybridized carbons (Fsp3) is 0.111. The number of methoxy groups -OCH3 is 1. The van der Waals surface area contributed by atoms with E-state index in [1.807, 2.05) is 25.1 Å². The van der Waals surface area contributed by atoms with Crippen LogP contribution in [0.2, 0.25) is 0 Å². The Balaban J connectivity index is 2.20. The van der Waals surface area contributed by atoms with Crippen molar-refractivity contribution in [3.63, 3.8) is 0 Å². The molecule has 116 valence electrons. The van der Waals surface area contributed by atoms with Crippen molar-refractivity contribution in [3.8, 4) is 11.8 Å². The molecule has 0 aliphatic carbocycles. The van der Waals surface area contributed by atoms with Gasteiger partial charge >= 0.3 is 0 Å². The molecule has 0 heterocycles. The molecule has 0 atom stereocenters. The van der Waals surface area contributed by atoms with Gasteiger partial charge in [-0.1, -0.05) is 28.1 Å². The number of nitrogens with one attached hydrogen (secondary N) is 1. The van der Waals surface area contributed by atoms with Crippen LogP contribution in [-0.4, -0.2) is 13.0 Å². The quantitative estimate of drug-likeness (QED) is 0.644. The fourth-order valence-electron chi connectivity index (χ4n) is 1.97. The largest absolute Gasteiger partial charge is 0.497 e. The number of halogens is 1. The van der Waals surface area contributed by atoms with Crippen molar-refractivity contribution in [1.29, 1.82) is 5.26 Å². The molecule has 0 aromatic heterocycles. The zero-order valence-corrected chi connectivity index (χ0v) is 14.3. The lowest BCUT2D eigenvalue weighted by atomic mass is 10.1. The summed E-state index contributed by atoms with van der Waals surface area (Å²) >= 11 is 3.37. The van der Waals surface area contributed by atoms with Gasteiger partial charge in [0, 0.05) is 10.2 Å². The van der Waals surface area contributed by atoms with E-state index in [0.29, 0.717) is 5.69 Å². The molecule has 23 heavy (non-hydrogen) atoms. The second-order valence-electron chi connectivity index (χ2n) is 4.86. The highest BCUT2D eigenvalue weighted by Crippen LogP contribution is 2.21. The summed E-state index contributed by atoms with van der Waals surface area (Å²) in [5, 5.41) is 12.0. The summed E-state index contributed by atoms with van der Waals surface area (Å²) in [5.41, 5.74) is 2.38. The number of carbonyl (C=O) groups excluding carboxylic acids is 1. The van der Waals surface area contributed by atoms with E-state index in [9.17, 15) is 10.1 Å². The average Bonchev–Trinajstić information content (AvgIpc) is 2.55. The first-order valence-corrected chi connectivity index (χ1v) is 7.66. The highest BCUT2D eigenvalue weighted by atomic mass is 79.9. The van der Waals surface area contributed by atoms with Gasteiger partial charge in [-0.3, -0.25) is 4.79 Å². The van der Waals surface area contributed by atoms with Crippen molar-refractivity contribution in [1.82, 2.24) is 0 Å². The van der Waals surface area contributed by atoms with E-state index in [1.54, 1.807) is 43.5 Å². The van der Waals surface area contributed by atoms with E-state index in [4.69, 9.17) is 4.74 Å². The minimum Gasteiger partial charge on any atom is -0.497 e. The maximum absolute atomic E-state index is 12.3. The molecule has 1 amide bonds. The highest BCUT2D eigenvalue weighted by molar-refractivity contribution is 9.10. The third kappa shape index (κ3) is 4.44. The van der Waals surface area contributed by atoms with Gasteiger partial charge < -0.3 is 10.1 Å². The fourth-order valence-corrected chi connectivity index (χ4v) is 2.45. The number of benzene rings is 2. The van der Waals surface area contributed by atoms with E-state index >= 15 is 0 Å². The highest BCUT2D eigenvalue weighted by Gasteiger charge is 2.11. The molecule has 0 fully saturated rings. The molecule has 0 saturated carbocycles. The van der Waals surface area contributed by atoms with Crippen LogP contribution in [0.3, 0.4) is 0 Å². The van der Waals surface area contributed by atoms with Gasteiger partial charge in [0.15, 0.2) is 0 Å². The predicted molar refractivity (Wildman–Crippen MR) is 94.1 cm³/mol. The van der Waals surface area contributed by atoms with Gasteiger partial charge in [-0.25, -0.2) is 0 Å². The number of nitrogens with zero attached hydrogens (tertiary/aromatic N) is 1. The number of ether oxygens (including phenoxy) is 1. The van der Waals surface area contributed by atoms with Crippen molar-refractivity contribution >= 4 is 33.6 Å². The monoisotopic (exact) mass is 370 g/mol. The Bertz CT molecular complexity index is 790. The Hall–Kier alpha value is -2.58. The lowest BCUT2D eigenvalue weighted by Crippen LogP contribution is -2.14. The van der Waals surface area contributed by atoms with Gasteiger partial charge in [-0.15, -0.1) is 0 Å². The van der Waals surface area contributed by atoms with Gasteiger partial charge in [-0.05, 0) is 54.5 Å². The molecule has 4 nitrogen and oxygen atoms in total. The number of rotatable bonds is 4.